The van der Waals surface area contributed by atoms with Crippen LogP contribution in [0.25, 0.3) is 0 Å². The Morgan fingerprint density at radius 2 is 1.94 bits per heavy atom. The van der Waals surface area contributed by atoms with Crippen molar-refractivity contribution in [3.8, 4) is 0 Å². The van der Waals surface area contributed by atoms with E-state index in [-0.39, 0.29) is 0 Å². The number of likely N-dealkylation sites (tertiary alicyclic amines) is 1. The van der Waals surface area contributed by atoms with Gasteiger partial charge in [0.25, 0.3) is 0 Å². The molecule has 1 saturated heterocycles. The Balaban J connectivity index is 1.71. The van der Waals surface area contributed by atoms with Crippen molar-refractivity contribution in [2.24, 2.45) is 17.3 Å². The van der Waals surface area contributed by atoms with E-state index in [4.69, 9.17) is 0 Å². The van der Waals surface area contributed by atoms with E-state index in [1.165, 1.54) is 45.4 Å². The van der Waals surface area contributed by atoms with Gasteiger partial charge in [0.2, 0.25) is 0 Å². The average molecular weight is 238 g/mol. The predicted molar refractivity (Wildman–Crippen MR) is 74.2 cm³/mol. The second-order valence-corrected chi connectivity index (χ2v) is 7.35. The van der Waals surface area contributed by atoms with E-state index in [1.54, 1.807) is 0 Å². The summed E-state index contributed by atoms with van der Waals surface area (Å²) in [6.07, 6.45) is 4.20. The van der Waals surface area contributed by atoms with E-state index >= 15 is 0 Å². The van der Waals surface area contributed by atoms with E-state index < -0.39 is 0 Å². The van der Waals surface area contributed by atoms with Gasteiger partial charge in [0.15, 0.2) is 0 Å². The van der Waals surface area contributed by atoms with Crippen molar-refractivity contribution >= 4 is 0 Å². The summed E-state index contributed by atoms with van der Waals surface area (Å²) in [6, 6.07) is 0.844. The highest BCUT2D eigenvalue weighted by Gasteiger charge is 2.30. The topological polar surface area (TPSA) is 15.3 Å². The fourth-order valence-corrected chi connectivity index (χ4v) is 2.92. The van der Waals surface area contributed by atoms with Crippen LogP contribution in [0.5, 0.6) is 0 Å². The maximum absolute atomic E-state index is 3.68. The minimum atomic E-state index is 0.425. The van der Waals surface area contributed by atoms with Crippen molar-refractivity contribution in [3.63, 3.8) is 0 Å². The molecule has 1 N–H and O–H groups in total. The summed E-state index contributed by atoms with van der Waals surface area (Å²) in [5.74, 6) is 1.79. The molecule has 1 saturated carbocycles. The third-order valence-electron chi connectivity index (χ3n) is 4.35. The molecule has 1 atom stereocenters. The summed E-state index contributed by atoms with van der Waals surface area (Å²) in [5, 5.41) is 3.68. The molecule has 0 aromatic carbocycles. The van der Waals surface area contributed by atoms with Crippen molar-refractivity contribution in [1.82, 2.24) is 10.2 Å². The van der Waals surface area contributed by atoms with Crippen molar-refractivity contribution in [3.05, 3.63) is 0 Å². The van der Waals surface area contributed by atoms with Gasteiger partial charge in [0.1, 0.15) is 0 Å². The summed E-state index contributed by atoms with van der Waals surface area (Å²) in [7, 11) is 0. The molecule has 0 amide bonds. The molecule has 2 aliphatic rings. The Hall–Kier alpha value is -0.0800. The van der Waals surface area contributed by atoms with Crippen LogP contribution in [-0.4, -0.2) is 37.1 Å². The van der Waals surface area contributed by atoms with Gasteiger partial charge in [-0.05, 0) is 43.1 Å². The smallest absolute Gasteiger partial charge is 0.00684 e. The summed E-state index contributed by atoms with van der Waals surface area (Å²) in [6.45, 7) is 14.6. The van der Waals surface area contributed by atoms with Crippen LogP contribution in [0, 0.1) is 17.3 Å². The van der Waals surface area contributed by atoms with Crippen LogP contribution in [0.4, 0.5) is 0 Å². The quantitative estimate of drug-likeness (QED) is 0.765. The number of hydrogen-bond acceptors (Lipinski definition) is 2. The van der Waals surface area contributed by atoms with Crippen LogP contribution in [0.3, 0.4) is 0 Å². The van der Waals surface area contributed by atoms with E-state index in [1.807, 2.05) is 0 Å². The van der Waals surface area contributed by atoms with Gasteiger partial charge in [-0.2, -0.15) is 0 Å². The SMILES string of the molecule is CC(C)C1CCN(CC(C)(C)CNC2CC2)C1. The van der Waals surface area contributed by atoms with Crippen LogP contribution in [0.15, 0.2) is 0 Å². The lowest BCUT2D eigenvalue weighted by Gasteiger charge is -2.31. The second kappa shape index (κ2) is 5.27. The van der Waals surface area contributed by atoms with E-state index in [0.29, 0.717) is 5.41 Å². The van der Waals surface area contributed by atoms with Crippen LogP contribution in [0.1, 0.15) is 47.0 Å². The summed E-state index contributed by atoms with van der Waals surface area (Å²) in [5.41, 5.74) is 0.425. The molecule has 1 unspecified atom stereocenters. The molecule has 1 aliphatic carbocycles. The Morgan fingerprint density at radius 3 is 2.47 bits per heavy atom. The van der Waals surface area contributed by atoms with Gasteiger partial charge in [0.05, 0.1) is 0 Å². The van der Waals surface area contributed by atoms with Gasteiger partial charge >= 0.3 is 0 Å². The molecule has 2 fully saturated rings. The molecule has 17 heavy (non-hydrogen) atoms. The van der Waals surface area contributed by atoms with E-state index in [9.17, 15) is 0 Å². The molecule has 1 aliphatic heterocycles. The number of hydrogen-bond donors (Lipinski definition) is 1. The standard InChI is InChI=1S/C15H30N2/c1-12(2)13-7-8-17(9-13)11-15(3,4)10-16-14-5-6-14/h12-14,16H,5-11H2,1-4H3. The van der Waals surface area contributed by atoms with Crippen LogP contribution < -0.4 is 5.32 Å². The normalized spacial score (nSPS) is 27.0. The first kappa shape index (κ1) is 13.4. The highest BCUT2D eigenvalue weighted by molar-refractivity contribution is 4.87. The van der Waals surface area contributed by atoms with Crippen LogP contribution in [-0.2, 0) is 0 Å². The van der Waals surface area contributed by atoms with Crippen molar-refractivity contribution in [1.29, 1.82) is 0 Å². The van der Waals surface area contributed by atoms with Gasteiger partial charge in [-0.1, -0.05) is 27.7 Å². The molecule has 2 heteroatoms. The van der Waals surface area contributed by atoms with E-state index in [2.05, 4.69) is 37.9 Å². The maximum atomic E-state index is 3.68. The Morgan fingerprint density at radius 1 is 1.24 bits per heavy atom. The predicted octanol–water partition coefficient (Wildman–Crippen LogP) is 2.74. The molecule has 0 aromatic heterocycles. The first-order chi connectivity index (χ1) is 7.96. The van der Waals surface area contributed by atoms with Crippen LogP contribution >= 0.6 is 0 Å². The fourth-order valence-electron chi connectivity index (χ4n) is 2.92. The Bertz CT molecular complexity index is 243. The molecular formula is C15H30N2. The minimum Gasteiger partial charge on any atom is -0.313 e. The van der Waals surface area contributed by atoms with Gasteiger partial charge in [-0.15, -0.1) is 0 Å². The van der Waals surface area contributed by atoms with Gasteiger partial charge in [0, 0.05) is 25.7 Å². The first-order valence-corrected chi connectivity index (χ1v) is 7.42. The van der Waals surface area contributed by atoms with Crippen LogP contribution in [0.2, 0.25) is 0 Å². The molecule has 0 spiro atoms. The molecule has 100 valence electrons. The highest BCUT2D eigenvalue weighted by atomic mass is 15.2. The molecule has 2 nitrogen and oxygen atoms in total. The van der Waals surface area contributed by atoms with Crippen molar-refractivity contribution < 1.29 is 0 Å². The maximum Gasteiger partial charge on any atom is 0.00684 e. The number of nitrogens with one attached hydrogen (secondary N) is 1. The van der Waals surface area contributed by atoms with E-state index in [0.717, 1.165) is 17.9 Å². The molecule has 0 aromatic rings. The molecule has 0 bridgehead atoms. The third kappa shape index (κ3) is 4.26. The average Bonchev–Trinajstić information content (AvgIpc) is 2.95. The lowest BCUT2D eigenvalue weighted by atomic mass is 9.92. The number of nitrogens with zero attached hydrogens (tertiary/aromatic N) is 1. The fraction of sp³-hybridized carbons (Fsp3) is 1.00. The van der Waals surface area contributed by atoms with Crippen molar-refractivity contribution in [2.45, 2.75) is 53.0 Å². The zero-order valence-electron chi connectivity index (χ0n) is 12.1. The minimum absolute atomic E-state index is 0.425. The summed E-state index contributed by atoms with van der Waals surface area (Å²) < 4.78 is 0. The lowest BCUT2D eigenvalue weighted by molar-refractivity contribution is 0.194. The Labute approximate surface area is 107 Å². The van der Waals surface area contributed by atoms with Gasteiger partial charge in [-0.25, -0.2) is 0 Å². The zero-order chi connectivity index (χ0) is 12.5. The molecule has 0 radical (unpaired) electrons. The van der Waals surface area contributed by atoms with Gasteiger partial charge < -0.3 is 10.2 Å². The van der Waals surface area contributed by atoms with Crippen molar-refractivity contribution in [2.75, 3.05) is 26.2 Å². The molecule has 1 heterocycles. The molecular weight excluding hydrogens is 208 g/mol. The summed E-state index contributed by atoms with van der Waals surface area (Å²) in [4.78, 5) is 2.68. The molecule has 2 rings (SSSR count). The third-order valence-corrected chi connectivity index (χ3v) is 4.35. The lowest BCUT2D eigenvalue weighted by Crippen LogP contribution is -2.40. The summed E-state index contributed by atoms with van der Waals surface area (Å²) >= 11 is 0. The highest BCUT2D eigenvalue weighted by Crippen LogP contribution is 2.27. The largest absolute Gasteiger partial charge is 0.313 e. The second-order valence-electron chi connectivity index (χ2n) is 7.35. The monoisotopic (exact) mass is 238 g/mol. The van der Waals surface area contributed by atoms with Gasteiger partial charge in [-0.3, -0.25) is 0 Å². The first-order valence-electron chi connectivity index (χ1n) is 7.42. The Kier molecular flexibility index (Phi) is 4.14. The number of rotatable bonds is 6. The zero-order valence-corrected chi connectivity index (χ0v) is 12.1.